The molecule has 2 rings (SSSR count). The van der Waals surface area contributed by atoms with Crippen LogP contribution in [0, 0.1) is 6.92 Å². The van der Waals surface area contributed by atoms with Crippen LogP contribution in [-0.4, -0.2) is 30.2 Å². The zero-order chi connectivity index (χ0) is 15.5. The Kier molecular flexibility index (Phi) is 4.37. The molecule has 0 bridgehead atoms. The Morgan fingerprint density at radius 1 is 1.19 bits per heavy atom. The minimum atomic E-state index is -3.51. The molecule has 21 heavy (non-hydrogen) atoms. The van der Waals surface area contributed by atoms with Gasteiger partial charge in [-0.3, -0.25) is 4.98 Å². The minimum Gasteiger partial charge on any atom is -0.478 e. The third-order valence-electron chi connectivity index (χ3n) is 3.21. The first kappa shape index (κ1) is 15.2. The molecule has 0 amide bonds. The normalized spacial score (nSPS) is 11.3. The van der Waals surface area contributed by atoms with Gasteiger partial charge in [0.15, 0.2) is 9.84 Å². The Morgan fingerprint density at radius 2 is 1.86 bits per heavy atom. The van der Waals surface area contributed by atoms with Crippen molar-refractivity contribution in [3.05, 3.63) is 59.4 Å². The van der Waals surface area contributed by atoms with E-state index in [1.54, 1.807) is 31.5 Å². The highest BCUT2D eigenvalue weighted by Crippen LogP contribution is 2.18. The van der Waals surface area contributed by atoms with Gasteiger partial charge in [-0.15, -0.1) is 0 Å². The second-order valence-corrected chi connectivity index (χ2v) is 6.82. The zero-order valence-corrected chi connectivity index (χ0v) is 12.3. The summed E-state index contributed by atoms with van der Waals surface area (Å²) >= 11 is 0. The molecule has 1 heterocycles. The van der Waals surface area contributed by atoms with Gasteiger partial charge in [-0.25, -0.2) is 13.2 Å². The first-order valence-electron chi connectivity index (χ1n) is 6.36. The first-order valence-corrected chi connectivity index (χ1v) is 8.01. The molecule has 1 N–H and O–H groups in total. The van der Waals surface area contributed by atoms with Gasteiger partial charge >= 0.3 is 5.97 Å². The molecule has 0 spiro atoms. The van der Waals surface area contributed by atoms with Crippen LogP contribution in [0.3, 0.4) is 0 Å². The lowest BCUT2D eigenvalue weighted by atomic mass is 10.1. The topological polar surface area (TPSA) is 84.3 Å². The minimum absolute atomic E-state index is 0.0139. The summed E-state index contributed by atoms with van der Waals surface area (Å²) in [6, 6.07) is 7.70. The van der Waals surface area contributed by atoms with Crippen molar-refractivity contribution < 1.29 is 18.3 Å². The zero-order valence-electron chi connectivity index (χ0n) is 11.5. The van der Waals surface area contributed by atoms with Crippen LogP contribution in [0.25, 0.3) is 0 Å². The number of aromatic carboxylic acids is 1. The highest BCUT2D eigenvalue weighted by atomic mass is 32.2. The third kappa shape index (κ3) is 3.66. The van der Waals surface area contributed by atoms with Crippen molar-refractivity contribution in [2.24, 2.45) is 0 Å². The Labute approximate surface area is 123 Å². The third-order valence-corrected chi connectivity index (χ3v) is 4.92. The van der Waals surface area contributed by atoms with E-state index in [2.05, 4.69) is 4.98 Å². The Balaban J connectivity index is 2.24. The molecular formula is C15H15NO4S. The van der Waals surface area contributed by atoms with Gasteiger partial charge < -0.3 is 5.11 Å². The predicted octanol–water partition coefficient (Wildman–Crippen LogP) is 2.10. The summed E-state index contributed by atoms with van der Waals surface area (Å²) in [7, 11) is -3.51. The molecule has 0 unspecified atom stereocenters. The number of carbonyl (C=O) groups is 1. The van der Waals surface area contributed by atoms with E-state index < -0.39 is 15.8 Å². The average Bonchev–Trinajstić information content (AvgIpc) is 2.46. The van der Waals surface area contributed by atoms with E-state index >= 15 is 0 Å². The molecule has 2 aromatic rings. The van der Waals surface area contributed by atoms with Crippen LogP contribution in [0.5, 0.6) is 0 Å². The van der Waals surface area contributed by atoms with Gasteiger partial charge in [0.05, 0.1) is 16.2 Å². The van der Waals surface area contributed by atoms with Crippen LogP contribution < -0.4 is 0 Å². The van der Waals surface area contributed by atoms with Crippen molar-refractivity contribution in [2.45, 2.75) is 18.2 Å². The molecule has 0 aliphatic rings. The number of pyridine rings is 1. The number of hydrogen-bond donors (Lipinski definition) is 1. The molecule has 0 saturated heterocycles. The van der Waals surface area contributed by atoms with Crippen molar-refractivity contribution >= 4 is 15.8 Å². The van der Waals surface area contributed by atoms with Crippen molar-refractivity contribution in [3.8, 4) is 0 Å². The molecule has 0 saturated carbocycles. The maximum absolute atomic E-state index is 12.3. The van der Waals surface area contributed by atoms with E-state index in [1.165, 1.54) is 18.2 Å². The van der Waals surface area contributed by atoms with Crippen LogP contribution in [0.15, 0.2) is 47.6 Å². The quantitative estimate of drug-likeness (QED) is 0.914. The van der Waals surface area contributed by atoms with Gasteiger partial charge in [-0.1, -0.05) is 6.07 Å². The molecular weight excluding hydrogens is 290 g/mol. The smallest absolute Gasteiger partial charge is 0.335 e. The summed E-state index contributed by atoms with van der Waals surface area (Å²) in [6.07, 6.45) is 3.58. The molecule has 0 aliphatic carbocycles. The van der Waals surface area contributed by atoms with Gasteiger partial charge in [-0.2, -0.15) is 0 Å². The van der Waals surface area contributed by atoms with E-state index in [0.29, 0.717) is 12.0 Å². The highest BCUT2D eigenvalue weighted by molar-refractivity contribution is 7.91. The SMILES string of the molecule is Cc1ccc(S(=O)(=O)CCc2ccncc2)cc1C(=O)O. The van der Waals surface area contributed by atoms with E-state index in [0.717, 1.165) is 5.56 Å². The average molecular weight is 305 g/mol. The van der Waals surface area contributed by atoms with Gasteiger partial charge in [0.1, 0.15) is 0 Å². The molecule has 0 radical (unpaired) electrons. The van der Waals surface area contributed by atoms with E-state index in [1.807, 2.05) is 0 Å². The molecule has 0 atom stereocenters. The number of aryl methyl sites for hydroxylation is 2. The van der Waals surface area contributed by atoms with Crippen LogP contribution in [-0.2, 0) is 16.3 Å². The summed E-state index contributed by atoms with van der Waals surface area (Å²) in [5.41, 5.74) is 1.43. The maximum atomic E-state index is 12.3. The molecule has 1 aromatic carbocycles. The number of sulfone groups is 1. The number of carboxylic acids is 1. The van der Waals surface area contributed by atoms with Crippen molar-refractivity contribution in [2.75, 3.05) is 5.75 Å². The number of hydrogen-bond acceptors (Lipinski definition) is 4. The highest BCUT2D eigenvalue weighted by Gasteiger charge is 2.17. The molecule has 1 aromatic heterocycles. The summed E-state index contributed by atoms with van der Waals surface area (Å²) in [5, 5.41) is 9.06. The van der Waals surface area contributed by atoms with Gasteiger partial charge in [0, 0.05) is 12.4 Å². The van der Waals surface area contributed by atoms with Crippen LogP contribution in [0.4, 0.5) is 0 Å². The van der Waals surface area contributed by atoms with E-state index in [-0.39, 0.29) is 16.2 Å². The molecule has 6 heteroatoms. The second-order valence-electron chi connectivity index (χ2n) is 4.71. The Bertz CT molecular complexity index is 754. The largest absolute Gasteiger partial charge is 0.478 e. The standard InChI is InChI=1S/C15H15NO4S/c1-11-2-3-13(10-14(11)15(17)18)21(19,20)9-6-12-4-7-16-8-5-12/h2-5,7-8,10H,6,9H2,1H3,(H,17,18). The van der Waals surface area contributed by atoms with Crippen LogP contribution in [0.2, 0.25) is 0 Å². The van der Waals surface area contributed by atoms with Gasteiger partial charge in [0.2, 0.25) is 0 Å². The fourth-order valence-corrected chi connectivity index (χ4v) is 3.26. The fraction of sp³-hybridized carbons (Fsp3) is 0.200. The Hall–Kier alpha value is -2.21. The fourth-order valence-electron chi connectivity index (χ4n) is 1.94. The van der Waals surface area contributed by atoms with Crippen molar-refractivity contribution in [3.63, 3.8) is 0 Å². The number of rotatable bonds is 5. The maximum Gasteiger partial charge on any atom is 0.335 e. The summed E-state index contributed by atoms with van der Waals surface area (Å²) in [5.74, 6) is -1.20. The van der Waals surface area contributed by atoms with Crippen LogP contribution in [0.1, 0.15) is 21.5 Å². The summed E-state index contributed by atoms with van der Waals surface area (Å²) in [6.45, 7) is 1.64. The summed E-state index contributed by atoms with van der Waals surface area (Å²) in [4.78, 5) is 15.0. The first-order chi connectivity index (χ1) is 9.90. The molecule has 0 aliphatic heterocycles. The Morgan fingerprint density at radius 3 is 2.48 bits per heavy atom. The number of carboxylic acid groups (broad SMARTS) is 1. The summed E-state index contributed by atoms with van der Waals surface area (Å²) < 4.78 is 24.6. The van der Waals surface area contributed by atoms with E-state index in [4.69, 9.17) is 5.11 Å². The molecule has 0 fully saturated rings. The number of nitrogens with zero attached hydrogens (tertiary/aromatic N) is 1. The monoisotopic (exact) mass is 305 g/mol. The van der Waals surface area contributed by atoms with E-state index in [9.17, 15) is 13.2 Å². The number of benzene rings is 1. The van der Waals surface area contributed by atoms with Gasteiger partial charge in [-0.05, 0) is 48.7 Å². The lowest BCUT2D eigenvalue weighted by Crippen LogP contribution is -2.11. The lowest BCUT2D eigenvalue weighted by molar-refractivity contribution is 0.0696. The molecule has 5 nitrogen and oxygen atoms in total. The van der Waals surface area contributed by atoms with Crippen molar-refractivity contribution in [1.82, 2.24) is 4.98 Å². The lowest BCUT2D eigenvalue weighted by Gasteiger charge is -2.07. The second kappa shape index (κ2) is 6.05. The van der Waals surface area contributed by atoms with Gasteiger partial charge in [0.25, 0.3) is 0 Å². The predicted molar refractivity (Wildman–Crippen MR) is 78.1 cm³/mol. The molecule has 110 valence electrons. The number of aromatic nitrogens is 1. The van der Waals surface area contributed by atoms with Crippen molar-refractivity contribution in [1.29, 1.82) is 0 Å². The van der Waals surface area contributed by atoms with Crippen LogP contribution >= 0.6 is 0 Å².